The zero-order valence-corrected chi connectivity index (χ0v) is 3.31. The van der Waals surface area contributed by atoms with Crippen LogP contribution in [0.25, 0.3) is 0 Å². The van der Waals surface area contributed by atoms with Gasteiger partial charge >= 0.3 is 0 Å². The minimum atomic E-state index is 1.82. The van der Waals surface area contributed by atoms with Crippen LogP contribution in [0.15, 0.2) is 35.8 Å². The molecule has 0 aromatic rings. The number of rotatable bonds is 0. The van der Waals surface area contributed by atoms with Crippen molar-refractivity contribution >= 4 is 0 Å². The molecule has 0 spiro atoms. The van der Waals surface area contributed by atoms with E-state index in [-0.39, 0.29) is 0 Å². The van der Waals surface area contributed by atoms with Crippen LogP contribution in [-0.2, 0) is 0 Å². The SMILES string of the molecule is C1=CC=C=CC=1. The highest BCUT2D eigenvalue weighted by Gasteiger charge is 1.58. The fourth-order valence-electron chi connectivity index (χ4n) is 0.304. The normalized spacial score (nSPS) is 13.3. The molecule has 0 aliphatic heterocycles. The highest BCUT2D eigenvalue weighted by atomic mass is 13.6. The molecule has 0 fully saturated rings. The molecular weight excluding hydrogens is 72.1 g/mol. The third kappa shape index (κ3) is 0.498. The Labute approximate surface area is 36.8 Å². The van der Waals surface area contributed by atoms with Crippen LogP contribution in [0.3, 0.4) is 0 Å². The highest BCUT2D eigenvalue weighted by Crippen LogP contribution is 1.78. The van der Waals surface area contributed by atoms with Gasteiger partial charge in [-0.05, 0) is 24.3 Å². The van der Waals surface area contributed by atoms with Gasteiger partial charge in [-0.2, -0.15) is 0 Å². The zero-order valence-electron chi connectivity index (χ0n) is 3.31. The van der Waals surface area contributed by atoms with Crippen LogP contribution in [-0.4, -0.2) is 0 Å². The van der Waals surface area contributed by atoms with E-state index in [1.807, 2.05) is 24.3 Å². The van der Waals surface area contributed by atoms with Crippen molar-refractivity contribution in [1.29, 1.82) is 0 Å². The zero-order chi connectivity index (χ0) is 4.24. The van der Waals surface area contributed by atoms with E-state index < -0.39 is 0 Å². The second-order valence-electron chi connectivity index (χ2n) is 1.00. The van der Waals surface area contributed by atoms with Crippen molar-refractivity contribution in [2.75, 3.05) is 0 Å². The van der Waals surface area contributed by atoms with E-state index in [0.717, 1.165) is 0 Å². The van der Waals surface area contributed by atoms with Crippen LogP contribution < -0.4 is 0 Å². The molecule has 1 aliphatic carbocycles. The van der Waals surface area contributed by atoms with Crippen LogP contribution in [0.2, 0.25) is 0 Å². The number of allylic oxidation sites excluding steroid dienone is 2. The van der Waals surface area contributed by atoms with Crippen molar-refractivity contribution in [3.8, 4) is 0 Å². The van der Waals surface area contributed by atoms with Crippen LogP contribution in [0, 0.1) is 0 Å². The summed E-state index contributed by atoms with van der Waals surface area (Å²) in [5.41, 5.74) is 5.72. The first-order valence-electron chi connectivity index (χ1n) is 1.82. The van der Waals surface area contributed by atoms with Gasteiger partial charge in [-0.25, -0.2) is 0 Å². The fourth-order valence-corrected chi connectivity index (χ4v) is 0.304. The Bertz CT molecular complexity index is 117. The van der Waals surface area contributed by atoms with Gasteiger partial charge in [0, 0.05) is 0 Å². The minimum Gasteiger partial charge on any atom is -0.120 e. The Morgan fingerprint density at radius 2 is 1.00 bits per heavy atom. The second kappa shape index (κ2) is 1.47. The van der Waals surface area contributed by atoms with E-state index >= 15 is 0 Å². The molecule has 0 N–H and O–H groups in total. The monoisotopic (exact) mass is 76.0 g/mol. The second-order valence-corrected chi connectivity index (χ2v) is 1.00. The standard InChI is InChI=1S/C6H4/c1-2-4-6-5-3-1/h1-2,5-6H. The fraction of sp³-hybridized carbons (Fsp3) is 0. The Hall–Kier alpha value is -0.960. The summed E-state index contributed by atoms with van der Waals surface area (Å²) in [6, 6.07) is 0. The third-order valence-corrected chi connectivity index (χ3v) is 0.552. The van der Waals surface area contributed by atoms with Crippen molar-refractivity contribution in [2.24, 2.45) is 0 Å². The van der Waals surface area contributed by atoms with Gasteiger partial charge in [0.25, 0.3) is 0 Å². The molecule has 0 heterocycles. The lowest BCUT2D eigenvalue weighted by Gasteiger charge is -1.66. The van der Waals surface area contributed by atoms with E-state index in [0.29, 0.717) is 0 Å². The molecule has 1 rings (SSSR count). The summed E-state index contributed by atoms with van der Waals surface area (Å²) in [6.07, 6.45) is 7.28. The molecule has 0 radical (unpaired) electrons. The topological polar surface area (TPSA) is 0 Å². The van der Waals surface area contributed by atoms with Crippen LogP contribution in [0.1, 0.15) is 0 Å². The van der Waals surface area contributed by atoms with Gasteiger partial charge in [0.15, 0.2) is 0 Å². The van der Waals surface area contributed by atoms with Gasteiger partial charge in [0.2, 0.25) is 0 Å². The van der Waals surface area contributed by atoms with Crippen LogP contribution >= 0.6 is 0 Å². The van der Waals surface area contributed by atoms with Crippen molar-refractivity contribution in [2.45, 2.75) is 0 Å². The molecule has 0 aromatic heterocycles. The summed E-state index contributed by atoms with van der Waals surface area (Å²) in [5.74, 6) is 0. The summed E-state index contributed by atoms with van der Waals surface area (Å²) in [6.45, 7) is 0. The molecule has 0 saturated heterocycles. The number of hydrogen-bond acceptors (Lipinski definition) is 0. The average molecular weight is 76.1 g/mol. The summed E-state index contributed by atoms with van der Waals surface area (Å²) in [5, 5.41) is 0. The van der Waals surface area contributed by atoms with Crippen molar-refractivity contribution in [1.82, 2.24) is 0 Å². The molecule has 6 heavy (non-hydrogen) atoms. The Morgan fingerprint density at radius 1 is 0.667 bits per heavy atom. The quantitative estimate of drug-likeness (QED) is 0.383. The molecule has 0 aromatic carbocycles. The van der Waals surface area contributed by atoms with E-state index in [2.05, 4.69) is 11.5 Å². The van der Waals surface area contributed by atoms with Crippen molar-refractivity contribution in [3.63, 3.8) is 0 Å². The smallest absolute Gasteiger partial charge is 0.0122 e. The van der Waals surface area contributed by atoms with Crippen LogP contribution in [0.4, 0.5) is 0 Å². The number of hydrogen-bond donors (Lipinski definition) is 0. The van der Waals surface area contributed by atoms with E-state index in [9.17, 15) is 0 Å². The first kappa shape index (κ1) is 3.24. The minimum absolute atomic E-state index is 1.82. The highest BCUT2D eigenvalue weighted by molar-refractivity contribution is 5.13. The largest absolute Gasteiger partial charge is 0.120 e. The molecule has 28 valence electrons. The van der Waals surface area contributed by atoms with Gasteiger partial charge in [-0.3, -0.25) is 0 Å². The first-order valence-corrected chi connectivity index (χ1v) is 1.82. The van der Waals surface area contributed by atoms with E-state index in [1.165, 1.54) is 0 Å². The maximum Gasteiger partial charge on any atom is -0.0122 e. The molecule has 0 bridgehead atoms. The molecule has 0 heteroatoms. The molecule has 0 atom stereocenters. The maximum atomic E-state index is 2.86. The van der Waals surface area contributed by atoms with E-state index in [1.54, 1.807) is 0 Å². The lowest BCUT2D eigenvalue weighted by Crippen LogP contribution is -1.46. The molecule has 0 unspecified atom stereocenters. The molecule has 1 aliphatic rings. The lowest BCUT2D eigenvalue weighted by molar-refractivity contribution is 1.90. The van der Waals surface area contributed by atoms with Crippen molar-refractivity contribution < 1.29 is 0 Å². The van der Waals surface area contributed by atoms with Gasteiger partial charge in [-0.15, -0.1) is 11.5 Å². The molecule has 0 nitrogen and oxygen atoms in total. The van der Waals surface area contributed by atoms with Gasteiger partial charge in [0.1, 0.15) is 0 Å². The summed E-state index contributed by atoms with van der Waals surface area (Å²) in [7, 11) is 0. The first-order chi connectivity index (χ1) is 3.00. The maximum absolute atomic E-state index is 2.86. The third-order valence-electron chi connectivity index (χ3n) is 0.552. The van der Waals surface area contributed by atoms with Crippen molar-refractivity contribution in [3.05, 3.63) is 35.8 Å². The average Bonchev–Trinajstić information content (AvgIpc) is 1.72. The summed E-state index contributed by atoms with van der Waals surface area (Å²) in [4.78, 5) is 0. The molecule has 0 amide bonds. The van der Waals surface area contributed by atoms with Gasteiger partial charge in [0.05, 0.1) is 0 Å². The van der Waals surface area contributed by atoms with Gasteiger partial charge in [-0.1, -0.05) is 0 Å². The molecule has 0 saturated carbocycles. The Kier molecular flexibility index (Phi) is 0.793. The Morgan fingerprint density at radius 3 is 1.17 bits per heavy atom. The summed E-state index contributed by atoms with van der Waals surface area (Å²) >= 11 is 0. The van der Waals surface area contributed by atoms with E-state index in [4.69, 9.17) is 0 Å². The summed E-state index contributed by atoms with van der Waals surface area (Å²) < 4.78 is 0. The Balaban J connectivity index is 3.00. The van der Waals surface area contributed by atoms with Gasteiger partial charge < -0.3 is 0 Å². The predicted octanol–water partition coefficient (Wildman–Crippen LogP) is 1.42. The predicted molar refractivity (Wildman–Crippen MR) is 25.3 cm³/mol. The lowest BCUT2D eigenvalue weighted by atomic mass is 10.4. The van der Waals surface area contributed by atoms with Crippen LogP contribution in [0.5, 0.6) is 0 Å². The molecular formula is C6H4.